The van der Waals surface area contributed by atoms with E-state index < -0.39 is 35.0 Å². The molecule has 2 aliphatic carbocycles. The van der Waals surface area contributed by atoms with Crippen molar-refractivity contribution in [2.24, 2.45) is 17.6 Å². The summed E-state index contributed by atoms with van der Waals surface area (Å²) in [4.78, 5) is 21.4. The van der Waals surface area contributed by atoms with Gasteiger partial charge in [0.25, 0.3) is 0 Å². The lowest BCUT2D eigenvalue weighted by Crippen LogP contribution is -2.51. The number of carboxylic acids is 2. The standard InChI is InChI=1S/C8H10FNO4/c9-8(6(13)14)3-1-2-7(10,4(3)8)5(11)12/h3-4H,1-2,10H2,(H,11,12)(H,13,14)/t3?,4?,7-,8+/m0/s1. The molecule has 0 saturated heterocycles. The van der Waals surface area contributed by atoms with Crippen LogP contribution in [0, 0.1) is 11.8 Å². The van der Waals surface area contributed by atoms with Crippen LogP contribution in [0.3, 0.4) is 0 Å². The van der Waals surface area contributed by atoms with Crippen molar-refractivity contribution >= 4 is 11.9 Å². The first-order chi connectivity index (χ1) is 6.35. The first-order valence-corrected chi connectivity index (χ1v) is 4.29. The predicted octanol–water partition coefficient (Wildman–Crippen LogP) is -0.399. The lowest BCUT2D eigenvalue weighted by molar-refractivity contribution is -0.149. The molecule has 14 heavy (non-hydrogen) atoms. The average molecular weight is 203 g/mol. The Morgan fingerprint density at radius 1 is 1.36 bits per heavy atom. The molecule has 0 radical (unpaired) electrons. The molecule has 6 heteroatoms. The number of carbonyl (C=O) groups is 2. The fourth-order valence-corrected chi connectivity index (χ4v) is 2.62. The van der Waals surface area contributed by atoms with Crippen LogP contribution in [-0.2, 0) is 9.59 Å². The molecule has 2 rings (SSSR count). The predicted molar refractivity (Wildman–Crippen MR) is 42.2 cm³/mol. The third-order valence-corrected chi connectivity index (χ3v) is 3.44. The number of hydrogen-bond acceptors (Lipinski definition) is 3. The van der Waals surface area contributed by atoms with Gasteiger partial charge in [-0.3, -0.25) is 4.79 Å². The quantitative estimate of drug-likeness (QED) is 0.567. The number of rotatable bonds is 2. The first kappa shape index (κ1) is 9.39. The van der Waals surface area contributed by atoms with Crippen LogP contribution in [0.4, 0.5) is 4.39 Å². The molecule has 4 atom stereocenters. The van der Waals surface area contributed by atoms with Crippen molar-refractivity contribution in [3.05, 3.63) is 0 Å². The zero-order chi connectivity index (χ0) is 10.7. The van der Waals surface area contributed by atoms with Crippen LogP contribution < -0.4 is 5.73 Å². The Hall–Kier alpha value is -1.17. The number of nitrogens with two attached hydrogens (primary N) is 1. The van der Waals surface area contributed by atoms with Gasteiger partial charge in [-0.15, -0.1) is 0 Å². The van der Waals surface area contributed by atoms with Crippen LogP contribution >= 0.6 is 0 Å². The van der Waals surface area contributed by atoms with Gasteiger partial charge in [0.2, 0.25) is 5.67 Å². The molecule has 2 unspecified atom stereocenters. The maximum atomic E-state index is 13.6. The van der Waals surface area contributed by atoms with Crippen molar-refractivity contribution in [3.63, 3.8) is 0 Å². The highest BCUT2D eigenvalue weighted by Gasteiger charge is 2.82. The maximum absolute atomic E-state index is 13.6. The van der Waals surface area contributed by atoms with Gasteiger partial charge in [-0.25, -0.2) is 9.18 Å². The Kier molecular flexibility index (Phi) is 1.51. The topological polar surface area (TPSA) is 101 Å². The van der Waals surface area contributed by atoms with Gasteiger partial charge in [-0.05, 0) is 12.8 Å². The molecule has 0 aromatic carbocycles. The van der Waals surface area contributed by atoms with E-state index in [1.165, 1.54) is 0 Å². The highest BCUT2D eigenvalue weighted by atomic mass is 19.1. The van der Waals surface area contributed by atoms with Crippen molar-refractivity contribution < 1.29 is 24.2 Å². The Morgan fingerprint density at radius 2 is 1.93 bits per heavy atom. The van der Waals surface area contributed by atoms with Crippen molar-refractivity contribution in [2.75, 3.05) is 0 Å². The van der Waals surface area contributed by atoms with Gasteiger partial charge in [-0.1, -0.05) is 0 Å². The number of alkyl halides is 1. The first-order valence-electron chi connectivity index (χ1n) is 4.29. The lowest BCUT2D eigenvalue weighted by atomic mass is 9.91. The Labute approximate surface area is 78.7 Å². The molecule has 0 aliphatic heterocycles. The van der Waals surface area contributed by atoms with Crippen LogP contribution in [0.25, 0.3) is 0 Å². The van der Waals surface area contributed by atoms with E-state index in [-0.39, 0.29) is 12.8 Å². The van der Waals surface area contributed by atoms with E-state index in [9.17, 15) is 14.0 Å². The highest BCUT2D eigenvalue weighted by molar-refractivity contribution is 5.89. The second-order valence-electron chi connectivity index (χ2n) is 4.04. The fourth-order valence-electron chi connectivity index (χ4n) is 2.62. The van der Waals surface area contributed by atoms with Crippen molar-refractivity contribution in [2.45, 2.75) is 24.0 Å². The molecule has 0 heterocycles. The Morgan fingerprint density at radius 3 is 2.29 bits per heavy atom. The van der Waals surface area contributed by atoms with E-state index >= 15 is 0 Å². The summed E-state index contributed by atoms with van der Waals surface area (Å²) >= 11 is 0. The SMILES string of the molecule is N[C@@]1(C(=O)O)CCC2C1[C@@]2(F)C(=O)O. The molecule has 2 fully saturated rings. The third-order valence-electron chi connectivity index (χ3n) is 3.44. The van der Waals surface area contributed by atoms with Crippen molar-refractivity contribution in [1.29, 1.82) is 0 Å². The smallest absolute Gasteiger partial charge is 0.342 e. The molecule has 4 N–H and O–H groups in total. The minimum atomic E-state index is -2.41. The minimum Gasteiger partial charge on any atom is -0.480 e. The molecule has 0 aromatic rings. The summed E-state index contributed by atoms with van der Waals surface area (Å²) in [5.74, 6) is -4.69. The molecule has 0 aromatic heterocycles. The zero-order valence-corrected chi connectivity index (χ0v) is 7.24. The molecule has 5 nitrogen and oxygen atoms in total. The summed E-state index contributed by atoms with van der Waals surface area (Å²) in [6.07, 6.45) is 0.382. The van der Waals surface area contributed by atoms with E-state index in [2.05, 4.69) is 0 Å². The second kappa shape index (κ2) is 2.25. The van der Waals surface area contributed by atoms with Crippen LogP contribution in [-0.4, -0.2) is 33.4 Å². The summed E-state index contributed by atoms with van der Waals surface area (Å²) < 4.78 is 13.6. The summed E-state index contributed by atoms with van der Waals surface area (Å²) in [7, 11) is 0. The van der Waals surface area contributed by atoms with Crippen molar-refractivity contribution in [3.8, 4) is 0 Å². The van der Waals surface area contributed by atoms with Gasteiger partial charge >= 0.3 is 11.9 Å². The fraction of sp³-hybridized carbons (Fsp3) is 0.750. The molecule has 0 bridgehead atoms. The number of carboxylic acid groups (broad SMARTS) is 2. The molecule has 78 valence electrons. The second-order valence-corrected chi connectivity index (χ2v) is 4.04. The zero-order valence-electron chi connectivity index (χ0n) is 7.24. The molecule has 2 saturated carbocycles. The minimum absolute atomic E-state index is 0.149. The number of hydrogen-bond donors (Lipinski definition) is 3. The van der Waals surface area contributed by atoms with E-state index in [1.807, 2.05) is 0 Å². The monoisotopic (exact) mass is 203 g/mol. The number of fused-ring (bicyclic) bond motifs is 1. The van der Waals surface area contributed by atoms with Gasteiger partial charge in [0, 0.05) is 11.8 Å². The van der Waals surface area contributed by atoms with Gasteiger partial charge in [0.1, 0.15) is 5.54 Å². The Bertz CT molecular complexity index is 333. The molecular formula is C8H10FNO4. The summed E-state index contributed by atoms with van der Waals surface area (Å²) in [5.41, 5.74) is 1.39. The lowest BCUT2D eigenvalue weighted by Gasteiger charge is -2.22. The van der Waals surface area contributed by atoms with Crippen molar-refractivity contribution in [1.82, 2.24) is 0 Å². The third kappa shape index (κ3) is 0.771. The summed E-state index contributed by atoms with van der Waals surface area (Å²) in [6.45, 7) is 0. The number of halogens is 1. The highest BCUT2D eigenvalue weighted by Crippen LogP contribution is 2.66. The summed E-state index contributed by atoms with van der Waals surface area (Å²) in [6, 6.07) is 0. The van der Waals surface area contributed by atoms with E-state index in [1.54, 1.807) is 0 Å². The Balaban J connectivity index is 2.31. The molecule has 2 aliphatic rings. The van der Waals surface area contributed by atoms with Crippen LogP contribution in [0.2, 0.25) is 0 Å². The summed E-state index contributed by atoms with van der Waals surface area (Å²) in [5, 5.41) is 17.4. The van der Waals surface area contributed by atoms with Gasteiger partial charge in [-0.2, -0.15) is 0 Å². The van der Waals surface area contributed by atoms with Crippen LogP contribution in [0.5, 0.6) is 0 Å². The van der Waals surface area contributed by atoms with E-state index in [0.717, 1.165) is 0 Å². The molecule has 0 amide bonds. The maximum Gasteiger partial charge on any atom is 0.342 e. The van der Waals surface area contributed by atoms with Gasteiger partial charge in [0.05, 0.1) is 0 Å². The molecule has 0 spiro atoms. The van der Waals surface area contributed by atoms with E-state index in [0.29, 0.717) is 0 Å². The van der Waals surface area contributed by atoms with Gasteiger partial charge < -0.3 is 15.9 Å². The van der Waals surface area contributed by atoms with Crippen LogP contribution in [0.1, 0.15) is 12.8 Å². The average Bonchev–Trinajstić information content (AvgIpc) is 2.50. The van der Waals surface area contributed by atoms with Crippen LogP contribution in [0.15, 0.2) is 0 Å². The number of aliphatic carboxylic acids is 2. The normalized spacial score (nSPS) is 49.9. The van der Waals surface area contributed by atoms with Gasteiger partial charge in [0.15, 0.2) is 0 Å². The molecular weight excluding hydrogens is 193 g/mol. The largest absolute Gasteiger partial charge is 0.480 e. The van der Waals surface area contributed by atoms with E-state index in [4.69, 9.17) is 15.9 Å².